The number of rotatable bonds is 8. The zero-order valence-electron chi connectivity index (χ0n) is 12.5. The van der Waals surface area contributed by atoms with Crippen molar-refractivity contribution in [2.45, 2.75) is 11.8 Å². The van der Waals surface area contributed by atoms with Crippen LogP contribution >= 0.6 is 12.4 Å². The monoisotopic (exact) mass is 351 g/mol. The average Bonchev–Trinajstić information content (AvgIpc) is 2.45. The fourth-order valence-corrected chi connectivity index (χ4v) is 2.70. The molecule has 1 rings (SSSR count). The molecule has 0 aliphatic carbocycles. The number of hydrogen-bond donors (Lipinski definition) is 3. The smallest absolute Gasteiger partial charge is 0.240 e. The maximum atomic E-state index is 12.0. The van der Waals surface area contributed by atoms with Crippen LogP contribution in [-0.2, 0) is 19.6 Å². The maximum Gasteiger partial charge on any atom is 0.240 e. The molecule has 0 radical (unpaired) electrons. The number of nitrogens with two attached hydrogens (primary N) is 1. The van der Waals surface area contributed by atoms with Gasteiger partial charge < -0.3 is 15.8 Å². The average molecular weight is 352 g/mol. The Hall–Kier alpha value is -1.19. The lowest BCUT2D eigenvalue weighted by atomic mass is 10.2. The minimum Gasteiger partial charge on any atom is -0.384 e. The van der Waals surface area contributed by atoms with Crippen LogP contribution in [0.2, 0.25) is 0 Å². The van der Waals surface area contributed by atoms with Gasteiger partial charge >= 0.3 is 0 Å². The minimum absolute atomic E-state index is 0. The van der Waals surface area contributed by atoms with Crippen molar-refractivity contribution in [3.63, 3.8) is 0 Å². The van der Waals surface area contributed by atoms with Crippen LogP contribution in [0.15, 0.2) is 29.2 Å². The quantitative estimate of drug-likeness (QED) is 0.634. The van der Waals surface area contributed by atoms with Crippen LogP contribution in [0, 0.1) is 5.92 Å². The molecule has 1 aromatic carbocycles. The number of nitrogens with one attached hydrogen (secondary N) is 2. The highest BCUT2D eigenvalue weighted by atomic mass is 35.5. The van der Waals surface area contributed by atoms with Gasteiger partial charge in [0.2, 0.25) is 15.9 Å². The van der Waals surface area contributed by atoms with Crippen molar-refractivity contribution in [1.29, 1.82) is 0 Å². The van der Waals surface area contributed by atoms with Gasteiger partial charge in [-0.25, -0.2) is 13.1 Å². The molecule has 22 heavy (non-hydrogen) atoms. The van der Waals surface area contributed by atoms with Crippen molar-refractivity contribution in [3.05, 3.63) is 24.3 Å². The summed E-state index contributed by atoms with van der Waals surface area (Å²) in [6, 6.07) is 6.04. The fraction of sp³-hybridized carbons (Fsp3) is 0.462. The van der Waals surface area contributed by atoms with Crippen LogP contribution < -0.4 is 15.8 Å². The highest BCUT2D eigenvalue weighted by Crippen LogP contribution is 2.16. The molecule has 0 spiro atoms. The van der Waals surface area contributed by atoms with E-state index in [1.165, 1.54) is 19.2 Å². The standard InChI is InChI=1S/C13H21N3O4S.ClH/c1-10(9-20-2)13(17)16-11-4-3-5-12(8-11)21(18,19)15-7-6-14;/h3-5,8,10,15H,6-7,9,14H2,1-2H3,(H,16,17);1H. The van der Waals surface area contributed by atoms with E-state index in [0.717, 1.165) is 0 Å². The third-order valence-corrected chi connectivity index (χ3v) is 4.17. The molecule has 0 aliphatic rings. The molecule has 4 N–H and O–H groups in total. The fourth-order valence-electron chi connectivity index (χ4n) is 1.61. The van der Waals surface area contributed by atoms with E-state index in [2.05, 4.69) is 10.0 Å². The van der Waals surface area contributed by atoms with Gasteiger partial charge in [-0.3, -0.25) is 4.79 Å². The molecule has 0 aromatic heterocycles. The van der Waals surface area contributed by atoms with E-state index in [-0.39, 0.29) is 42.2 Å². The molecule has 0 aliphatic heterocycles. The van der Waals surface area contributed by atoms with Crippen LogP contribution in [0.5, 0.6) is 0 Å². The van der Waals surface area contributed by atoms with Crippen molar-refractivity contribution in [3.8, 4) is 0 Å². The summed E-state index contributed by atoms with van der Waals surface area (Å²) in [5, 5.41) is 2.66. The van der Waals surface area contributed by atoms with E-state index < -0.39 is 10.0 Å². The van der Waals surface area contributed by atoms with E-state index in [1.807, 2.05) is 0 Å². The summed E-state index contributed by atoms with van der Waals surface area (Å²) in [5.74, 6) is -0.563. The summed E-state index contributed by atoms with van der Waals surface area (Å²) >= 11 is 0. The molecule has 1 unspecified atom stereocenters. The normalized spacial score (nSPS) is 12.3. The number of amides is 1. The number of carbonyl (C=O) groups is 1. The Bertz CT molecular complexity index is 580. The predicted octanol–water partition coefficient (Wildman–Crippen LogP) is 0.566. The molecule has 1 aromatic rings. The maximum absolute atomic E-state index is 12.0. The number of anilines is 1. The Balaban J connectivity index is 0.00000441. The van der Waals surface area contributed by atoms with Crippen molar-refractivity contribution < 1.29 is 17.9 Å². The van der Waals surface area contributed by atoms with Gasteiger partial charge in [-0.1, -0.05) is 13.0 Å². The molecule has 1 atom stereocenters. The van der Waals surface area contributed by atoms with E-state index in [0.29, 0.717) is 12.3 Å². The second-order valence-corrected chi connectivity index (χ2v) is 6.33. The third kappa shape index (κ3) is 6.29. The summed E-state index contributed by atoms with van der Waals surface area (Å²) in [7, 11) is -2.10. The summed E-state index contributed by atoms with van der Waals surface area (Å²) < 4.78 is 31.2. The third-order valence-electron chi connectivity index (χ3n) is 2.71. The first kappa shape index (κ1) is 20.8. The molecule has 0 saturated carbocycles. The largest absolute Gasteiger partial charge is 0.384 e. The zero-order valence-corrected chi connectivity index (χ0v) is 14.2. The lowest BCUT2D eigenvalue weighted by Gasteiger charge is -2.12. The molecule has 0 bridgehead atoms. The van der Waals surface area contributed by atoms with Crippen molar-refractivity contribution >= 4 is 34.0 Å². The second-order valence-electron chi connectivity index (χ2n) is 4.56. The molecule has 9 heteroatoms. The van der Waals surface area contributed by atoms with E-state index in [9.17, 15) is 13.2 Å². The molecule has 7 nitrogen and oxygen atoms in total. The minimum atomic E-state index is -3.62. The Morgan fingerprint density at radius 2 is 2.09 bits per heavy atom. The highest BCUT2D eigenvalue weighted by Gasteiger charge is 2.16. The Morgan fingerprint density at radius 3 is 2.68 bits per heavy atom. The summed E-state index contributed by atoms with van der Waals surface area (Å²) in [4.78, 5) is 11.9. The van der Waals surface area contributed by atoms with Gasteiger partial charge in [0.25, 0.3) is 0 Å². The predicted molar refractivity (Wildman–Crippen MR) is 87.6 cm³/mol. The van der Waals surface area contributed by atoms with E-state index in [4.69, 9.17) is 10.5 Å². The van der Waals surface area contributed by atoms with Crippen LogP contribution in [0.1, 0.15) is 6.92 Å². The number of methoxy groups -OCH3 is 1. The first-order chi connectivity index (χ1) is 9.90. The van der Waals surface area contributed by atoms with Crippen LogP contribution in [0.3, 0.4) is 0 Å². The molecule has 126 valence electrons. The number of ether oxygens (including phenoxy) is 1. The van der Waals surface area contributed by atoms with Gasteiger partial charge in [-0.05, 0) is 18.2 Å². The molecular weight excluding hydrogens is 330 g/mol. The molecule has 0 saturated heterocycles. The first-order valence-electron chi connectivity index (χ1n) is 6.50. The van der Waals surface area contributed by atoms with Gasteiger partial charge in [0.15, 0.2) is 0 Å². The molecule has 0 heterocycles. The topological polar surface area (TPSA) is 111 Å². The van der Waals surface area contributed by atoms with E-state index >= 15 is 0 Å². The van der Waals surface area contributed by atoms with Gasteiger partial charge in [0.1, 0.15) is 0 Å². The van der Waals surface area contributed by atoms with Crippen LogP contribution in [0.4, 0.5) is 5.69 Å². The molecule has 0 fully saturated rings. The van der Waals surface area contributed by atoms with Gasteiger partial charge in [-0.2, -0.15) is 0 Å². The number of benzene rings is 1. The van der Waals surface area contributed by atoms with Gasteiger partial charge in [0.05, 0.1) is 17.4 Å². The Morgan fingerprint density at radius 1 is 1.41 bits per heavy atom. The first-order valence-corrected chi connectivity index (χ1v) is 7.98. The number of sulfonamides is 1. The zero-order chi connectivity index (χ0) is 15.9. The van der Waals surface area contributed by atoms with Gasteiger partial charge in [-0.15, -0.1) is 12.4 Å². The number of hydrogen-bond acceptors (Lipinski definition) is 5. The highest BCUT2D eigenvalue weighted by molar-refractivity contribution is 7.89. The second kappa shape index (κ2) is 9.75. The Kier molecular flexibility index (Phi) is 9.22. The summed E-state index contributed by atoms with van der Waals surface area (Å²) in [6.45, 7) is 2.39. The van der Waals surface area contributed by atoms with Crippen molar-refractivity contribution in [1.82, 2.24) is 4.72 Å². The molecule has 1 amide bonds. The van der Waals surface area contributed by atoms with Crippen LogP contribution in [0.25, 0.3) is 0 Å². The van der Waals surface area contributed by atoms with Crippen molar-refractivity contribution in [2.24, 2.45) is 11.7 Å². The summed E-state index contributed by atoms with van der Waals surface area (Å²) in [6.07, 6.45) is 0. The SMILES string of the molecule is COCC(C)C(=O)Nc1cccc(S(=O)(=O)NCCN)c1.Cl. The van der Waals surface area contributed by atoms with Crippen LogP contribution in [-0.4, -0.2) is 41.1 Å². The lowest BCUT2D eigenvalue weighted by Crippen LogP contribution is -2.29. The molecular formula is C13H22ClN3O4S. The van der Waals surface area contributed by atoms with Crippen molar-refractivity contribution in [2.75, 3.05) is 32.1 Å². The summed E-state index contributed by atoms with van der Waals surface area (Å²) in [5.41, 5.74) is 5.69. The number of carbonyl (C=O) groups excluding carboxylic acids is 1. The Labute approximate surface area is 137 Å². The van der Waals surface area contributed by atoms with E-state index in [1.54, 1.807) is 19.1 Å². The lowest BCUT2D eigenvalue weighted by molar-refractivity contribution is -0.120. The van der Waals surface area contributed by atoms with Gasteiger partial charge in [0, 0.05) is 25.9 Å². The number of halogens is 1.